The van der Waals surface area contributed by atoms with Gasteiger partial charge in [-0.3, -0.25) is 9.59 Å². The van der Waals surface area contributed by atoms with E-state index < -0.39 is 82.9 Å². The first-order valence-electron chi connectivity index (χ1n) is 11.3. The van der Waals surface area contributed by atoms with Crippen molar-refractivity contribution in [3.05, 3.63) is 80.4 Å². The van der Waals surface area contributed by atoms with Gasteiger partial charge < -0.3 is 9.30 Å². The number of benzene rings is 1. The van der Waals surface area contributed by atoms with Crippen LogP contribution in [0.5, 0.6) is 5.75 Å². The van der Waals surface area contributed by atoms with Crippen molar-refractivity contribution in [3.63, 3.8) is 0 Å². The minimum absolute atomic E-state index is 0.338. The van der Waals surface area contributed by atoms with Crippen molar-refractivity contribution < 1.29 is 39.9 Å². The number of halogens is 8. The lowest BCUT2D eigenvalue weighted by molar-refractivity contribution is -0.140. The predicted octanol–water partition coefficient (Wildman–Crippen LogP) is 4.97. The Bertz CT molecular complexity index is 1650. The summed E-state index contributed by atoms with van der Waals surface area (Å²) in [6.45, 7) is 0.450. The van der Waals surface area contributed by atoms with Gasteiger partial charge in [-0.25, -0.2) is 37.0 Å². The van der Waals surface area contributed by atoms with Crippen LogP contribution in [0.15, 0.2) is 46.5 Å². The molecule has 16 heteroatoms. The molecule has 212 valence electrons. The summed E-state index contributed by atoms with van der Waals surface area (Å²) in [5, 5.41) is 4.03. The summed E-state index contributed by atoms with van der Waals surface area (Å²) in [5.41, 5.74) is -5.08. The first-order valence-corrected chi connectivity index (χ1v) is 11.3. The van der Waals surface area contributed by atoms with Gasteiger partial charge in [0, 0.05) is 30.4 Å². The minimum Gasteiger partial charge on any atom is -0.488 e. The van der Waals surface area contributed by atoms with E-state index in [1.807, 2.05) is 0 Å². The molecular weight excluding hydrogens is 558 g/mol. The molecule has 0 aliphatic rings. The van der Waals surface area contributed by atoms with Crippen molar-refractivity contribution in [1.29, 1.82) is 0 Å². The molecule has 0 fully saturated rings. The van der Waals surface area contributed by atoms with E-state index in [4.69, 9.17) is 4.74 Å². The number of hydrogen-bond acceptors (Lipinski definition) is 6. The Morgan fingerprint density at radius 2 is 1.68 bits per heavy atom. The van der Waals surface area contributed by atoms with Crippen LogP contribution in [-0.2, 0) is 12.7 Å². The molecule has 0 bridgehead atoms. The van der Waals surface area contributed by atoms with Crippen molar-refractivity contribution in [2.24, 2.45) is 0 Å². The van der Waals surface area contributed by atoms with Gasteiger partial charge in [0.15, 0.2) is 17.1 Å². The van der Waals surface area contributed by atoms with Gasteiger partial charge in [-0.05, 0) is 19.1 Å². The second-order valence-electron chi connectivity index (χ2n) is 8.65. The highest BCUT2D eigenvalue weighted by atomic mass is 19.4. The quantitative estimate of drug-likeness (QED) is 0.298. The maximum Gasteiger partial charge on any atom is 0.425 e. The zero-order valence-corrected chi connectivity index (χ0v) is 20.1. The number of alkyl halides is 6. The zero-order chi connectivity index (χ0) is 29.4. The summed E-state index contributed by atoms with van der Waals surface area (Å²) in [6, 6.07) is 1.59. The van der Waals surface area contributed by atoms with Crippen LogP contribution in [0.3, 0.4) is 0 Å². The van der Waals surface area contributed by atoms with Crippen molar-refractivity contribution >= 4 is 10.8 Å². The fourth-order valence-electron chi connectivity index (χ4n) is 3.92. The fraction of sp³-hybridized carbons (Fsp3) is 0.292. The third-order valence-corrected chi connectivity index (χ3v) is 5.71. The number of rotatable bonds is 8. The summed E-state index contributed by atoms with van der Waals surface area (Å²) in [6.07, 6.45) is -8.89. The summed E-state index contributed by atoms with van der Waals surface area (Å²) >= 11 is 0. The number of hydrogen-bond donors (Lipinski definition) is 1. The molecule has 1 aromatic carbocycles. The number of fused-ring (bicyclic) bond motifs is 1. The molecule has 3 heterocycles. The average molecular weight is 575 g/mol. The molecule has 2 atom stereocenters. The number of aromatic nitrogens is 5. The lowest BCUT2D eigenvalue weighted by Gasteiger charge is -2.19. The van der Waals surface area contributed by atoms with Crippen LogP contribution in [0.2, 0.25) is 0 Å². The van der Waals surface area contributed by atoms with Crippen molar-refractivity contribution in [2.75, 3.05) is 0 Å². The molecule has 4 rings (SSSR count). The van der Waals surface area contributed by atoms with Gasteiger partial charge in [0.25, 0.3) is 17.5 Å². The van der Waals surface area contributed by atoms with E-state index >= 15 is 0 Å². The van der Waals surface area contributed by atoms with Crippen LogP contribution in [-0.4, -0.2) is 37.0 Å². The van der Waals surface area contributed by atoms with Crippen LogP contribution in [0.25, 0.3) is 22.2 Å². The maximum atomic E-state index is 14.9. The molecule has 0 aliphatic carbocycles. The summed E-state index contributed by atoms with van der Waals surface area (Å²) in [5.74, 6) is -3.39. The van der Waals surface area contributed by atoms with E-state index in [9.17, 15) is 44.7 Å². The van der Waals surface area contributed by atoms with Crippen molar-refractivity contribution in [2.45, 2.75) is 44.8 Å². The number of H-pyrrole nitrogens is 1. The topological polar surface area (TPSA) is 103 Å². The first kappa shape index (κ1) is 28.6. The van der Waals surface area contributed by atoms with E-state index in [1.54, 1.807) is 5.10 Å². The lowest BCUT2D eigenvalue weighted by Crippen LogP contribution is -2.29. The summed E-state index contributed by atoms with van der Waals surface area (Å²) in [4.78, 5) is 31.7. The molecular formula is C24H17F8N5O3. The van der Waals surface area contributed by atoms with Gasteiger partial charge in [-0.2, -0.15) is 18.3 Å². The summed E-state index contributed by atoms with van der Waals surface area (Å²) < 4.78 is 115. The Morgan fingerprint density at radius 1 is 1.00 bits per heavy atom. The smallest absolute Gasteiger partial charge is 0.425 e. The normalized spacial score (nSPS) is 13.6. The van der Waals surface area contributed by atoms with Gasteiger partial charge in [-0.15, -0.1) is 0 Å². The molecule has 4 aromatic rings. The van der Waals surface area contributed by atoms with Gasteiger partial charge in [0.2, 0.25) is 0 Å². The molecule has 0 saturated heterocycles. The van der Waals surface area contributed by atoms with E-state index in [-0.39, 0.29) is 16.8 Å². The van der Waals surface area contributed by atoms with Gasteiger partial charge in [-0.1, -0.05) is 0 Å². The average Bonchev–Trinajstić information content (AvgIpc) is 2.86. The van der Waals surface area contributed by atoms with E-state index in [1.165, 1.54) is 6.92 Å². The van der Waals surface area contributed by atoms with Crippen molar-refractivity contribution in [3.8, 4) is 17.1 Å². The van der Waals surface area contributed by atoms with Crippen LogP contribution >= 0.6 is 0 Å². The minimum atomic E-state index is -5.08. The third kappa shape index (κ3) is 5.94. The largest absolute Gasteiger partial charge is 0.488 e. The molecule has 0 unspecified atom stereocenters. The van der Waals surface area contributed by atoms with Gasteiger partial charge in [0.05, 0.1) is 35.4 Å². The Hall–Kier alpha value is -4.37. The third-order valence-electron chi connectivity index (χ3n) is 5.71. The Kier molecular flexibility index (Phi) is 7.88. The molecule has 0 saturated carbocycles. The van der Waals surface area contributed by atoms with E-state index in [0.717, 1.165) is 18.5 Å². The Morgan fingerprint density at radius 3 is 2.30 bits per heavy atom. The fourth-order valence-corrected chi connectivity index (χ4v) is 3.92. The molecule has 1 N–H and O–H groups in total. The van der Waals surface area contributed by atoms with Crippen LogP contribution < -0.4 is 15.9 Å². The Labute approximate surface area is 218 Å². The molecule has 0 amide bonds. The van der Waals surface area contributed by atoms with Gasteiger partial charge in [0.1, 0.15) is 17.8 Å². The molecule has 0 spiro atoms. The van der Waals surface area contributed by atoms with Crippen LogP contribution in [0, 0.1) is 11.6 Å². The standard InChI is InChI=1S/C24H17F8N5O3/c1-10(40-18-7-35-36-22(38)19(18)24(30,31)32)2-12(25)8-37-9-17(27)13-3-15(16(26)4-14(13)23(37)39)21-33-5-11(6-34-21)20(28)29/h3-7,9-10,12,20H,2,8H2,1H3,(H,36,38)/t10-,12+/m1/s1. The summed E-state index contributed by atoms with van der Waals surface area (Å²) in [7, 11) is 0. The number of ether oxygens (including phenoxy) is 1. The number of nitrogens with zero attached hydrogens (tertiary/aromatic N) is 4. The lowest BCUT2D eigenvalue weighted by atomic mass is 10.1. The van der Waals surface area contributed by atoms with E-state index in [2.05, 4.69) is 15.1 Å². The highest BCUT2D eigenvalue weighted by Crippen LogP contribution is 2.33. The molecule has 8 nitrogen and oxygen atoms in total. The molecule has 0 radical (unpaired) electrons. The zero-order valence-electron chi connectivity index (χ0n) is 20.1. The highest BCUT2D eigenvalue weighted by molar-refractivity contribution is 5.86. The predicted molar refractivity (Wildman–Crippen MR) is 124 cm³/mol. The van der Waals surface area contributed by atoms with E-state index in [0.29, 0.717) is 23.0 Å². The molecule has 40 heavy (non-hydrogen) atoms. The SMILES string of the molecule is C[C@H](C[C@H](F)Cn1cc(F)c2cc(-c3ncc(C(F)F)cn3)c(F)cc2c1=O)Oc1cn[nH]c(=O)c1C(F)(F)F. The number of pyridine rings is 1. The maximum absolute atomic E-state index is 14.9. The Balaban J connectivity index is 1.55. The highest BCUT2D eigenvalue weighted by Gasteiger charge is 2.38. The first-order chi connectivity index (χ1) is 18.8. The number of aromatic amines is 1. The number of nitrogens with one attached hydrogen (secondary N) is 1. The second kappa shape index (κ2) is 11.0. The van der Waals surface area contributed by atoms with Crippen LogP contribution in [0.1, 0.15) is 30.9 Å². The second-order valence-corrected chi connectivity index (χ2v) is 8.65. The van der Waals surface area contributed by atoms with Crippen LogP contribution in [0.4, 0.5) is 35.1 Å². The molecule has 0 aliphatic heterocycles. The van der Waals surface area contributed by atoms with Gasteiger partial charge >= 0.3 is 6.18 Å². The van der Waals surface area contributed by atoms with Crippen molar-refractivity contribution in [1.82, 2.24) is 24.7 Å². The monoisotopic (exact) mass is 575 g/mol. The molecule has 3 aromatic heterocycles.